The molecule has 0 bridgehead atoms. The Kier molecular flexibility index (Phi) is 5.03. The van der Waals surface area contributed by atoms with Gasteiger partial charge in [0.2, 0.25) is 0 Å². The molecule has 1 heterocycles. The van der Waals surface area contributed by atoms with E-state index in [1.807, 2.05) is 30.3 Å². The van der Waals surface area contributed by atoms with Crippen molar-refractivity contribution in [2.45, 2.75) is 13.0 Å². The highest BCUT2D eigenvalue weighted by atomic mass is 79.9. The SMILES string of the molecule is CC(NC(=S)Nc1ccc2c(c1)OCCO2)c1ccc(Br)cc1. The minimum Gasteiger partial charge on any atom is -0.486 e. The summed E-state index contributed by atoms with van der Waals surface area (Å²) in [6.07, 6.45) is 0. The van der Waals surface area contributed by atoms with Gasteiger partial charge in [0.1, 0.15) is 13.2 Å². The molecule has 120 valence electrons. The molecule has 0 fully saturated rings. The zero-order valence-corrected chi connectivity index (χ0v) is 15.0. The Balaban J connectivity index is 1.61. The van der Waals surface area contributed by atoms with Crippen LogP contribution in [-0.2, 0) is 0 Å². The van der Waals surface area contributed by atoms with E-state index in [-0.39, 0.29) is 6.04 Å². The lowest BCUT2D eigenvalue weighted by Crippen LogP contribution is -2.30. The first kappa shape index (κ1) is 16.1. The van der Waals surface area contributed by atoms with Crippen molar-refractivity contribution >= 4 is 38.9 Å². The molecule has 0 spiro atoms. The third-order valence-corrected chi connectivity index (χ3v) is 4.27. The molecule has 2 aromatic rings. The summed E-state index contributed by atoms with van der Waals surface area (Å²) in [6, 6.07) is 14.0. The van der Waals surface area contributed by atoms with Crippen molar-refractivity contribution in [3.05, 3.63) is 52.5 Å². The number of halogens is 1. The van der Waals surface area contributed by atoms with Crippen molar-refractivity contribution in [2.75, 3.05) is 18.5 Å². The maximum absolute atomic E-state index is 5.57. The van der Waals surface area contributed by atoms with Gasteiger partial charge in [-0.15, -0.1) is 0 Å². The molecular weight excluding hydrogens is 376 g/mol. The van der Waals surface area contributed by atoms with Crippen LogP contribution in [0.25, 0.3) is 0 Å². The molecule has 1 unspecified atom stereocenters. The van der Waals surface area contributed by atoms with Gasteiger partial charge in [-0.2, -0.15) is 0 Å². The van der Waals surface area contributed by atoms with Crippen LogP contribution in [0.4, 0.5) is 5.69 Å². The van der Waals surface area contributed by atoms with E-state index < -0.39 is 0 Å². The Morgan fingerprint density at radius 2 is 1.78 bits per heavy atom. The van der Waals surface area contributed by atoms with Crippen LogP contribution in [0.2, 0.25) is 0 Å². The van der Waals surface area contributed by atoms with E-state index in [0.717, 1.165) is 21.7 Å². The molecule has 0 radical (unpaired) electrons. The van der Waals surface area contributed by atoms with Crippen LogP contribution in [0.15, 0.2) is 46.9 Å². The Labute approximate surface area is 149 Å². The second-order valence-electron chi connectivity index (χ2n) is 5.23. The van der Waals surface area contributed by atoms with E-state index in [1.165, 1.54) is 5.56 Å². The Hall–Kier alpha value is -1.79. The third-order valence-electron chi connectivity index (χ3n) is 3.52. The highest BCUT2D eigenvalue weighted by Crippen LogP contribution is 2.32. The van der Waals surface area contributed by atoms with Gasteiger partial charge in [0, 0.05) is 16.2 Å². The van der Waals surface area contributed by atoms with E-state index in [0.29, 0.717) is 18.3 Å². The number of thiocarbonyl (C=S) groups is 1. The highest BCUT2D eigenvalue weighted by molar-refractivity contribution is 9.10. The lowest BCUT2D eigenvalue weighted by Gasteiger charge is -2.20. The van der Waals surface area contributed by atoms with Gasteiger partial charge in [-0.3, -0.25) is 0 Å². The van der Waals surface area contributed by atoms with Crippen LogP contribution in [-0.4, -0.2) is 18.3 Å². The first-order valence-electron chi connectivity index (χ1n) is 7.34. The normalized spacial score (nSPS) is 14.0. The molecule has 6 heteroatoms. The van der Waals surface area contributed by atoms with Crippen molar-refractivity contribution in [2.24, 2.45) is 0 Å². The molecular formula is C17H17BrN2O2S. The molecule has 2 N–H and O–H groups in total. The van der Waals surface area contributed by atoms with Crippen LogP contribution >= 0.6 is 28.1 Å². The molecule has 1 aliphatic heterocycles. The van der Waals surface area contributed by atoms with Crippen LogP contribution < -0.4 is 20.1 Å². The summed E-state index contributed by atoms with van der Waals surface area (Å²) in [6.45, 7) is 3.23. The lowest BCUT2D eigenvalue weighted by molar-refractivity contribution is 0.171. The number of anilines is 1. The fraction of sp³-hybridized carbons (Fsp3) is 0.235. The number of benzene rings is 2. The number of fused-ring (bicyclic) bond motifs is 1. The van der Waals surface area contributed by atoms with E-state index in [2.05, 4.69) is 45.6 Å². The van der Waals surface area contributed by atoms with Crippen molar-refractivity contribution in [3.63, 3.8) is 0 Å². The average molecular weight is 393 g/mol. The second kappa shape index (κ2) is 7.19. The summed E-state index contributed by atoms with van der Waals surface area (Å²) in [4.78, 5) is 0. The zero-order valence-electron chi connectivity index (χ0n) is 12.6. The van der Waals surface area contributed by atoms with Crippen LogP contribution in [0.5, 0.6) is 11.5 Å². The first-order valence-corrected chi connectivity index (χ1v) is 8.54. The smallest absolute Gasteiger partial charge is 0.171 e. The van der Waals surface area contributed by atoms with Crippen molar-refractivity contribution in [3.8, 4) is 11.5 Å². The van der Waals surface area contributed by atoms with Gasteiger partial charge in [-0.25, -0.2) is 0 Å². The fourth-order valence-corrected chi connectivity index (χ4v) is 2.88. The van der Waals surface area contributed by atoms with E-state index in [4.69, 9.17) is 21.7 Å². The van der Waals surface area contributed by atoms with Crippen molar-refractivity contribution < 1.29 is 9.47 Å². The summed E-state index contributed by atoms with van der Waals surface area (Å²) >= 11 is 8.83. The molecule has 0 saturated heterocycles. The summed E-state index contributed by atoms with van der Waals surface area (Å²) in [5.74, 6) is 1.51. The quantitative estimate of drug-likeness (QED) is 0.763. The van der Waals surface area contributed by atoms with Crippen LogP contribution in [0.3, 0.4) is 0 Å². The predicted octanol–water partition coefficient (Wildman–Crippen LogP) is 4.27. The summed E-state index contributed by atoms with van der Waals surface area (Å²) in [7, 11) is 0. The third kappa shape index (κ3) is 4.14. The first-order chi connectivity index (χ1) is 11.1. The van der Waals surface area contributed by atoms with Gasteiger partial charge in [0.15, 0.2) is 16.6 Å². The minimum absolute atomic E-state index is 0.111. The number of hydrogen-bond donors (Lipinski definition) is 2. The van der Waals surface area contributed by atoms with Gasteiger partial charge in [0.05, 0.1) is 6.04 Å². The van der Waals surface area contributed by atoms with Gasteiger partial charge < -0.3 is 20.1 Å². The fourth-order valence-electron chi connectivity index (χ4n) is 2.32. The zero-order chi connectivity index (χ0) is 16.2. The maximum atomic E-state index is 5.57. The number of nitrogens with one attached hydrogen (secondary N) is 2. The molecule has 2 aromatic carbocycles. The van der Waals surface area contributed by atoms with Crippen LogP contribution in [0.1, 0.15) is 18.5 Å². The molecule has 1 atom stereocenters. The Bertz CT molecular complexity index is 706. The molecule has 4 nitrogen and oxygen atoms in total. The van der Waals surface area contributed by atoms with Gasteiger partial charge in [0.25, 0.3) is 0 Å². The highest BCUT2D eigenvalue weighted by Gasteiger charge is 2.13. The standard InChI is InChI=1S/C17H17BrN2O2S/c1-11(12-2-4-13(18)5-3-12)19-17(23)20-14-6-7-15-16(10-14)22-9-8-21-15/h2-7,10-11H,8-9H2,1H3,(H2,19,20,23). The van der Waals surface area contributed by atoms with Gasteiger partial charge >= 0.3 is 0 Å². The molecule has 23 heavy (non-hydrogen) atoms. The monoisotopic (exact) mass is 392 g/mol. The summed E-state index contributed by atoms with van der Waals surface area (Å²) in [5.41, 5.74) is 2.04. The summed E-state index contributed by atoms with van der Waals surface area (Å²) in [5, 5.41) is 7.02. The molecule has 0 aromatic heterocycles. The van der Waals surface area contributed by atoms with Gasteiger partial charge in [-0.05, 0) is 49.0 Å². The molecule has 0 saturated carbocycles. The largest absolute Gasteiger partial charge is 0.486 e. The van der Waals surface area contributed by atoms with Crippen molar-refractivity contribution in [1.82, 2.24) is 5.32 Å². The minimum atomic E-state index is 0.111. The number of rotatable bonds is 3. The average Bonchev–Trinajstić information content (AvgIpc) is 2.55. The lowest BCUT2D eigenvalue weighted by atomic mass is 10.1. The molecule has 0 aliphatic carbocycles. The predicted molar refractivity (Wildman–Crippen MR) is 99.3 cm³/mol. The Morgan fingerprint density at radius 3 is 2.52 bits per heavy atom. The molecule has 0 amide bonds. The second-order valence-corrected chi connectivity index (χ2v) is 6.55. The van der Waals surface area contributed by atoms with E-state index in [9.17, 15) is 0 Å². The topological polar surface area (TPSA) is 42.5 Å². The van der Waals surface area contributed by atoms with E-state index in [1.54, 1.807) is 0 Å². The van der Waals surface area contributed by atoms with Crippen LogP contribution in [0, 0.1) is 0 Å². The number of hydrogen-bond acceptors (Lipinski definition) is 3. The van der Waals surface area contributed by atoms with Crippen molar-refractivity contribution in [1.29, 1.82) is 0 Å². The Morgan fingerprint density at radius 1 is 1.09 bits per heavy atom. The summed E-state index contributed by atoms with van der Waals surface area (Å²) < 4.78 is 12.1. The van der Waals surface area contributed by atoms with E-state index >= 15 is 0 Å². The molecule has 1 aliphatic rings. The molecule has 3 rings (SSSR count). The van der Waals surface area contributed by atoms with Gasteiger partial charge in [-0.1, -0.05) is 28.1 Å². The number of ether oxygens (including phenoxy) is 2. The maximum Gasteiger partial charge on any atom is 0.171 e.